The average molecular weight is 335 g/mol. The van der Waals surface area contributed by atoms with Crippen LogP contribution in [-0.2, 0) is 11.3 Å². The molecule has 122 valence electrons. The zero-order valence-electron chi connectivity index (χ0n) is 12.7. The minimum atomic E-state index is -0.360. The Kier molecular flexibility index (Phi) is 4.63. The van der Waals surface area contributed by atoms with E-state index >= 15 is 0 Å². The maximum atomic E-state index is 12.2. The first-order valence-corrected chi connectivity index (χ1v) is 8.11. The molecule has 23 heavy (non-hydrogen) atoms. The van der Waals surface area contributed by atoms with Crippen molar-refractivity contribution in [3.05, 3.63) is 45.5 Å². The van der Waals surface area contributed by atoms with Gasteiger partial charge in [0.2, 0.25) is 5.91 Å². The molecule has 0 saturated heterocycles. The minimum Gasteiger partial charge on any atom is -0.369 e. The number of aromatic nitrogens is 2. The van der Waals surface area contributed by atoms with Crippen molar-refractivity contribution in [3.8, 4) is 0 Å². The number of fused-ring (bicyclic) bond motifs is 1. The first kappa shape index (κ1) is 16.0. The van der Waals surface area contributed by atoms with Gasteiger partial charge in [-0.05, 0) is 25.0 Å². The Labute approximate surface area is 138 Å². The van der Waals surface area contributed by atoms with Crippen molar-refractivity contribution >= 4 is 23.2 Å². The molecule has 0 unspecified atom stereocenters. The first-order chi connectivity index (χ1) is 11.0. The monoisotopic (exact) mass is 334 g/mol. The molecule has 1 fully saturated rings. The van der Waals surface area contributed by atoms with Gasteiger partial charge >= 0.3 is 0 Å². The third kappa shape index (κ3) is 3.71. The number of hydrogen-bond acceptors (Lipinski definition) is 4. The number of pyridine rings is 1. The van der Waals surface area contributed by atoms with Crippen LogP contribution < -0.4 is 11.3 Å². The molecule has 0 spiro atoms. The fraction of sp³-hybridized carbons (Fsp3) is 0.438. The molecule has 0 aromatic carbocycles. The molecule has 0 atom stereocenters. The molecule has 0 radical (unpaired) electrons. The summed E-state index contributed by atoms with van der Waals surface area (Å²) >= 11 is 5.91. The third-order valence-corrected chi connectivity index (χ3v) is 4.47. The molecule has 0 aliphatic heterocycles. The van der Waals surface area contributed by atoms with Crippen molar-refractivity contribution in [2.24, 2.45) is 5.73 Å². The molecule has 7 heteroatoms. The number of nitrogens with zero attached hydrogens (tertiary/aromatic N) is 3. The molecule has 2 N–H and O–H groups in total. The van der Waals surface area contributed by atoms with Gasteiger partial charge in [-0.3, -0.25) is 18.9 Å². The second-order valence-electron chi connectivity index (χ2n) is 5.97. The van der Waals surface area contributed by atoms with Crippen LogP contribution in [0, 0.1) is 0 Å². The number of hydrogen-bond donors (Lipinski definition) is 1. The van der Waals surface area contributed by atoms with Gasteiger partial charge in [0.1, 0.15) is 5.65 Å². The Morgan fingerprint density at radius 2 is 2.13 bits per heavy atom. The summed E-state index contributed by atoms with van der Waals surface area (Å²) in [5, 5.41) is 0.482. The molecule has 6 nitrogen and oxygen atoms in total. The Morgan fingerprint density at radius 1 is 1.39 bits per heavy atom. The third-order valence-electron chi connectivity index (χ3n) is 4.24. The van der Waals surface area contributed by atoms with E-state index < -0.39 is 0 Å². The van der Waals surface area contributed by atoms with E-state index in [1.807, 2.05) is 4.90 Å². The highest BCUT2D eigenvalue weighted by Crippen LogP contribution is 2.24. The van der Waals surface area contributed by atoms with Gasteiger partial charge in [0, 0.05) is 24.8 Å². The van der Waals surface area contributed by atoms with Gasteiger partial charge in [0.15, 0.2) is 0 Å². The van der Waals surface area contributed by atoms with Crippen LogP contribution in [0.1, 0.15) is 31.4 Å². The zero-order valence-corrected chi connectivity index (χ0v) is 13.5. The lowest BCUT2D eigenvalue weighted by molar-refractivity contribution is -0.119. The molecule has 1 amide bonds. The summed E-state index contributed by atoms with van der Waals surface area (Å²) < 4.78 is 1.42. The van der Waals surface area contributed by atoms with Gasteiger partial charge < -0.3 is 5.73 Å². The molecule has 1 saturated carbocycles. The van der Waals surface area contributed by atoms with Crippen molar-refractivity contribution in [3.63, 3.8) is 0 Å². The maximum Gasteiger partial charge on any atom is 0.258 e. The first-order valence-electron chi connectivity index (χ1n) is 7.73. The van der Waals surface area contributed by atoms with E-state index in [0.717, 1.165) is 25.7 Å². The fourth-order valence-corrected chi connectivity index (χ4v) is 3.36. The lowest BCUT2D eigenvalue weighted by atomic mass is 10.2. The van der Waals surface area contributed by atoms with E-state index in [-0.39, 0.29) is 18.0 Å². The van der Waals surface area contributed by atoms with Crippen molar-refractivity contribution in [1.82, 2.24) is 14.3 Å². The number of rotatable bonds is 5. The van der Waals surface area contributed by atoms with E-state index in [4.69, 9.17) is 17.3 Å². The Hall–Kier alpha value is -1.92. The Morgan fingerprint density at radius 3 is 2.83 bits per heavy atom. The number of carbonyl (C=O) groups is 1. The van der Waals surface area contributed by atoms with E-state index in [1.165, 1.54) is 10.5 Å². The van der Waals surface area contributed by atoms with Crippen LogP contribution in [0.25, 0.3) is 5.65 Å². The number of amides is 1. The highest BCUT2D eigenvalue weighted by Gasteiger charge is 2.24. The summed E-state index contributed by atoms with van der Waals surface area (Å²) in [6.07, 6.45) is 5.97. The quantitative estimate of drug-likeness (QED) is 0.900. The van der Waals surface area contributed by atoms with Crippen LogP contribution in [0.3, 0.4) is 0 Å². The van der Waals surface area contributed by atoms with Crippen LogP contribution in [0.5, 0.6) is 0 Å². The van der Waals surface area contributed by atoms with Gasteiger partial charge in [-0.25, -0.2) is 4.98 Å². The lowest BCUT2D eigenvalue weighted by Crippen LogP contribution is -2.40. The molecule has 1 aliphatic rings. The van der Waals surface area contributed by atoms with Crippen molar-refractivity contribution < 1.29 is 4.79 Å². The number of halogens is 1. The molecule has 1 aliphatic carbocycles. The molecular weight excluding hydrogens is 316 g/mol. The van der Waals surface area contributed by atoms with Crippen LogP contribution >= 0.6 is 11.6 Å². The van der Waals surface area contributed by atoms with Crippen LogP contribution in [0.4, 0.5) is 0 Å². The highest BCUT2D eigenvalue weighted by molar-refractivity contribution is 6.30. The SMILES string of the molecule is NC(=O)CN(Cc1cc(=O)n2cc(Cl)ccc2n1)C1CCCC1. The molecule has 0 bridgehead atoms. The lowest BCUT2D eigenvalue weighted by Gasteiger charge is -2.27. The normalized spacial score (nSPS) is 15.6. The second-order valence-corrected chi connectivity index (χ2v) is 6.41. The Bertz CT molecular complexity index is 783. The molecule has 2 aromatic heterocycles. The van der Waals surface area contributed by atoms with Gasteiger partial charge in [-0.1, -0.05) is 24.4 Å². The number of nitrogens with two attached hydrogens (primary N) is 1. The maximum absolute atomic E-state index is 12.2. The summed E-state index contributed by atoms with van der Waals surface area (Å²) in [4.78, 5) is 30.1. The van der Waals surface area contributed by atoms with Gasteiger partial charge in [0.05, 0.1) is 17.3 Å². The van der Waals surface area contributed by atoms with Crippen LogP contribution in [-0.4, -0.2) is 32.8 Å². The van der Waals surface area contributed by atoms with Crippen LogP contribution in [0.15, 0.2) is 29.2 Å². The largest absolute Gasteiger partial charge is 0.369 e. The summed E-state index contributed by atoms with van der Waals surface area (Å²) in [6.45, 7) is 0.633. The predicted octanol–water partition coefficient (Wildman–Crippen LogP) is 1.58. The summed E-state index contributed by atoms with van der Waals surface area (Å²) in [6, 6.07) is 5.23. The van der Waals surface area contributed by atoms with Gasteiger partial charge in [0.25, 0.3) is 5.56 Å². The topological polar surface area (TPSA) is 80.7 Å². The Balaban J connectivity index is 1.90. The highest BCUT2D eigenvalue weighted by atomic mass is 35.5. The number of carbonyl (C=O) groups excluding carboxylic acids is 1. The minimum absolute atomic E-state index is 0.182. The van der Waals surface area contributed by atoms with Crippen molar-refractivity contribution in [2.75, 3.05) is 6.54 Å². The number of primary amides is 1. The van der Waals surface area contributed by atoms with E-state index in [1.54, 1.807) is 18.3 Å². The average Bonchev–Trinajstić information content (AvgIpc) is 3.01. The van der Waals surface area contributed by atoms with Crippen LogP contribution in [0.2, 0.25) is 5.02 Å². The van der Waals surface area contributed by atoms with Gasteiger partial charge in [-0.15, -0.1) is 0 Å². The molecule has 2 heterocycles. The summed E-state index contributed by atoms with van der Waals surface area (Å²) in [5.41, 5.74) is 6.38. The molecule has 3 rings (SSSR count). The van der Waals surface area contributed by atoms with E-state index in [0.29, 0.717) is 29.0 Å². The van der Waals surface area contributed by atoms with E-state index in [9.17, 15) is 9.59 Å². The second kappa shape index (κ2) is 6.68. The smallest absolute Gasteiger partial charge is 0.258 e. The molecular formula is C16H19ClN4O2. The predicted molar refractivity (Wildman–Crippen MR) is 88.3 cm³/mol. The summed E-state index contributed by atoms with van der Waals surface area (Å²) in [7, 11) is 0. The summed E-state index contributed by atoms with van der Waals surface area (Å²) in [5.74, 6) is -0.360. The zero-order chi connectivity index (χ0) is 16.4. The van der Waals surface area contributed by atoms with Gasteiger partial charge in [-0.2, -0.15) is 0 Å². The van der Waals surface area contributed by atoms with E-state index in [2.05, 4.69) is 4.98 Å². The fourth-order valence-electron chi connectivity index (χ4n) is 3.20. The van der Waals surface area contributed by atoms with Crippen molar-refractivity contribution in [2.45, 2.75) is 38.3 Å². The standard InChI is InChI=1S/C16H19ClN4O2/c17-11-5-6-15-19-12(7-16(23)21(15)8-11)9-20(10-14(18)22)13-3-1-2-4-13/h5-8,13H,1-4,9-10H2,(H2,18,22). The van der Waals surface area contributed by atoms with Crippen molar-refractivity contribution in [1.29, 1.82) is 0 Å². The molecule has 2 aromatic rings.